The summed E-state index contributed by atoms with van der Waals surface area (Å²) < 4.78 is 71.0. The van der Waals surface area contributed by atoms with E-state index in [1.54, 1.807) is 7.11 Å². The third-order valence-electron chi connectivity index (χ3n) is 6.12. The van der Waals surface area contributed by atoms with E-state index in [1.165, 1.54) is 54.0 Å². The molecule has 0 bridgehead atoms. The second-order valence-corrected chi connectivity index (χ2v) is 10.6. The van der Waals surface area contributed by atoms with Crippen molar-refractivity contribution in [2.75, 3.05) is 38.7 Å². The highest BCUT2D eigenvalue weighted by atomic mass is 32.2. The Morgan fingerprint density at radius 3 is 2.22 bits per heavy atom. The van der Waals surface area contributed by atoms with Crippen LogP contribution in [0.25, 0.3) is 0 Å². The lowest BCUT2D eigenvalue weighted by Crippen LogP contribution is -2.58. The first-order chi connectivity index (χ1) is 17.0. The number of hydroxylamine groups is 1. The number of ether oxygens (including phenoxy) is 2. The van der Waals surface area contributed by atoms with Gasteiger partial charge in [0.05, 0.1) is 11.5 Å². The monoisotopic (exact) mass is 531 g/mol. The van der Waals surface area contributed by atoms with Gasteiger partial charge in [0, 0.05) is 39.0 Å². The van der Waals surface area contributed by atoms with Crippen molar-refractivity contribution in [2.24, 2.45) is 0 Å². The first kappa shape index (κ1) is 27.7. The SMILES string of the molecule is COCCN1CCC(C(=O)NO)(S(=O)(=O)c2ccc(NCc3ccc(OC(F)(F)F)cc3)cc2)CC1. The van der Waals surface area contributed by atoms with Crippen LogP contribution in [0.2, 0.25) is 0 Å². The average Bonchev–Trinajstić information content (AvgIpc) is 2.86. The fourth-order valence-electron chi connectivity index (χ4n) is 4.07. The van der Waals surface area contributed by atoms with Crippen molar-refractivity contribution in [3.63, 3.8) is 0 Å². The molecule has 1 saturated heterocycles. The molecule has 1 aliphatic heterocycles. The number of carbonyl (C=O) groups is 1. The minimum absolute atomic E-state index is 0.0134. The normalized spacial score (nSPS) is 16.4. The molecule has 1 amide bonds. The molecule has 0 radical (unpaired) electrons. The standard InChI is InChI=1S/C23H28F3N3O6S/c1-34-15-14-29-12-10-22(11-13-29,21(30)28-31)36(32,33)20-8-4-18(5-9-20)27-16-17-2-6-19(7-3-17)35-23(24,25)26/h2-9,27,31H,10-16H2,1H3,(H,28,30). The molecular formula is C23H28F3N3O6S. The minimum atomic E-state index is -4.76. The zero-order valence-corrected chi connectivity index (χ0v) is 20.4. The Hall–Kier alpha value is -2.87. The maximum Gasteiger partial charge on any atom is 0.573 e. The molecule has 9 nitrogen and oxygen atoms in total. The summed E-state index contributed by atoms with van der Waals surface area (Å²) in [5, 5.41) is 12.4. The topological polar surface area (TPSA) is 117 Å². The minimum Gasteiger partial charge on any atom is -0.406 e. The number of methoxy groups -OCH3 is 1. The first-order valence-electron chi connectivity index (χ1n) is 11.1. The van der Waals surface area contributed by atoms with E-state index in [9.17, 15) is 31.6 Å². The van der Waals surface area contributed by atoms with E-state index in [4.69, 9.17) is 4.74 Å². The fourth-order valence-corrected chi connectivity index (χ4v) is 6.02. The van der Waals surface area contributed by atoms with Crippen LogP contribution >= 0.6 is 0 Å². The molecule has 3 rings (SSSR count). The van der Waals surface area contributed by atoms with Gasteiger partial charge in [-0.15, -0.1) is 13.2 Å². The summed E-state index contributed by atoms with van der Waals surface area (Å²) in [6, 6.07) is 11.2. The number of anilines is 1. The van der Waals surface area contributed by atoms with Gasteiger partial charge in [-0.3, -0.25) is 10.0 Å². The van der Waals surface area contributed by atoms with E-state index in [0.29, 0.717) is 37.5 Å². The van der Waals surface area contributed by atoms with Gasteiger partial charge >= 0.3 is 6.36 Å². The van der Waals surface area contributed by atoms with Gasteiger partial charge in [0.2, 0.25) is 0 Å². The number of benzene rings is 2. The molecule has 1 fully saturated rings. The Labute approximate surface area is 207 Å². The van der Waals surface area contributed by atoms with E-state index in [-0.39, 0.29) is 30.0 Å². The van der Waals surface area contributed by atoms with Crippen molar-refractivity contribution >= 4 is 21.4 Å². The average molecular weight is 532 g/mol. The number of hydrogen-bond donors (Lipinski definition) is 3. The number of sulfone groups is 1. The lowest BCUT2D eigenvalue weighted by atomic mass is 9.95. The molecule has 0 unspecified atom stereocenters. The number of amides is 1. The van der Waals surface area contributed by atoms with Crippen LogP contribution in [0.4, 0.5) is 18.9 Å². The first-order valence-corrected chi connectivity index (χ1v) is 12.6. The maximum atomic E-state index is 13.5. The number of hydrogen-bond acceptors (Lipinski definition) is 8. The number of likely N-dealkylation sites (tertiary alicyclic amines) is 1. The maximum absolute atomic E-state index is 13.5. The van der Waals surface area contributed by atoms with E-state index in [1.807, 2.05) is 4.90 Å². The molecule has 2 aromatic rings. The van der Waals surface area contributed by atoms with Crippen LogP contribution in [0.5, 0.6) is 5.75 Å². The van der Waals surface area contributed by atoms with E-state index >= 15 is 0 Å². The zero-order chi connectivity index (χ0) is 26.4. The van der Waals surface area contributed by atoms with Crippen LogP contribution in [-0.4, -0.2) is 68.9 Å². The van der Waals surface area contributed by atoms with Crippen molar-refractivity contribution in [3.8, 4) is 5.75 Å². The van der Waals surface area contributed by atoms with Crippen molar-refractivity contribution in [1.82, 2.24) is 10.4 Å². The van der Waals surface area contributed by atoms with Crippen LogP contribution in [-0.2, 0) is 25.9 Å². The predicted octanol–water partition coefficient (Wildman–Crippen LogP) is 2.96. The lowest BCUT2D eigenvalue weighted by molar-refractivity contribution is -0.274. The Balaban J connectivity index is 1.69. The number of piperidine rings is 1. The number of carbonyl (C=O) groups excluding carboxylic acids is 1. The molecule has 0 saturated carbocycles. The van der Waals surface area contributed by atoms with Crippen molar-refractivity contribution in [1.29, 1.82) is 0 Å². The number of halogens is 3. The smallest absolute Gasteiger partial charge is 0.406 e. The second kappa shape index (κ2) is 11.5. The summed E-state index contributed by atoms with van der Waals surface area (Å²) in [5.41, 5.74) is 2.78. The molecule has 13 heteroatoms. The number of rotatable bonds is 10. The van der Waals surface area contributed by atoms with Crippen LogP contribution in [0.1, 0.15) is 18.4 Å². The molecule has 0 atom stereocenters. The number of alkyl halides is 3. The Kier molecular flexibility index (Phi) is 8.82. The largest absolute Gasteiger partial charge is 0.573 e. The van der Waals surface area contributed by atoms with Gasteiger partial charge in [0.25, 0.3) is 5.91 Å². The van der Waals surface area contributed by atoms with Crippen molar-refractivity contribution in [2.45, 2.75) is 35.4 Å². The quantitative estimate of drug-likeness (QED) is 0.317. The van der Waals surface area contributed by atoms with Crippen LogP contribution < -0.4 is 15.5 Å². The highest BCUT2D eigenvalue weighted by Crippen LogP contribution is 2.36. The summed E-state index contributed by atoms with van der Waals surface area (Å²) in [5.74, 6) is -1.29. The van der Waals surface area contributed by atoms with Gasteiger partial charge in [-0.25, -0.2) is 13.9 Å². The molecule has 0 spiro atoms. The Morgan fingerprint density at radius 1 is 1.08 bits per heavy atom. The molecule has 2 aromatic carbocycles. The molecule has 1 heterocycles. The molecule has 198 valence electrons. The highest BCUT2D eigenvalue weighted by Gasteiger charge is 2.52. The van der Waals surface area contributed by atoms with Crippen LogP contribution in [0.15, 0.2) is 53.4 Å². The third-order valence-corrected chi connectivity index (χ3v) is 8.64. The summed E-state index contributed by atoms with van der Waals surface area (Å²) >= 11 is 0. The Morgan fingerprint density at radius 2 is 1.69 bits per heavy atom. The summed E-state index contributed by atoms with van der Waals surface area (Å²) in [4.78, 5) is 14.5. The van der Waals surface area contributed by atoms with Gasteiger partial charge < -0.3 is 19.7 Å². The fraction of sp³-hybridized carbons (Fsp3) is 0.435. The van der Waals surface area contributed by atoms with Crippen LogP contribution in [0, 0.1) is 0 Å². The van der Waals surface area contributed by atoms with Crippen molar-refractivity contribution < 1.29 is 41.1 Å². The summed E-state index contributed by atoms with van der Waals surface area (Å²) in [6.07, 6.45) is -4.74. The molecule has 0 aliphatic carbocycles. The zero-order valence-electron chi connectivity index (χ0n) is 19.5. The molecule has 36 heavy (non-hydrogen) atoms. The number of nitrogens with zero attached hydrogens (tertiary/aromatic N) is 1. The predicted molar refractivity (Wildman–Crippen MR) is 124 cm³/mol. The molecular weight excluding hydrogens is 503 g/mol. The summed E-state index contributed by atoms with van der Waals surface area (Å²) in [7, 11) is -2.58. The van der Waals surface area contributed by atoms with E-state index in [2.05, 4.69) is 10.1 Å². The molecule has 1 aliphatic rings. The van der Waals surface area contributed by atoms with Gasteiger partial charge in [0.1, 0.15) is 5.75 Å². The van der Waals surface area contributed by atoms with E-state index < -0.39 is 26.9 Å². The number of nitrogens with one attached hydrogen (secondary N) is 2. The van der Waals surface area contributed by atoms with Gasteiger partial charge in [-0.1, -0.05) is 12.1 Å². The molecule has 3 N–H and O–H groups in total. The van der Waals surface area contributed by atoms with E-state index in [0.717, 1.165) is 0 Å². The van der Waals surface area contributed by atoms with Gasteiger partial charge in [-0.05, 0) is 54.8 Å². The lowest BCUT2D eigenvalue weighted by Gasteiger charge is -2.39. The second-order valence-electron chi connectivity index (χ2n) is 8.34. The third kappa shape index (κ3) is 6.46. The summed E-state index contributed by atoms with van der Waals surface area (Å²) in [6.45, 7) is 2.05. The highest BCUT2D eigenvalue weighted by molar-refractivity contribution is 7.93. The Bertz CT molecular complexity index is 1120. The van der Waals surface area contributed by atoms with Crippen molar-refractivity contribution in [3.05, 3.63) is 54.1 Å². The van der Waals surface area contributed by atoms with Crippen LogP contribution in [0.3, 0.4) is 0 Å². The molecule has 0 aromatic heterocycles. The van der Waals surface area contributed by atoms with Gasteiger partial charge in [0.15, 0.2) is 14.6 Å². The van der Waals surface area contributed by atoms with Gasteiger partial charge in [-0.2, -0.15) is 0 Å².